The summed E-state index contributed by atoms with van der Waals surface area (Å²) in [6.45, 7) is 3.01. The van der Waals surface area contributed by atoms with E-state index >= 15 is 0 Å². The number of aryl methyl sites for hydroxylation is 1. The lowest BCUT2D eigenvalue weighted by molar-refractivity contribution is -0.147. The zero-order valence-electron chi connectivity index (χ0n) is 9.67. The molecule has 17 heavy (non-hydrogen) atoms. The van der Waals surface area contributed by atoms with E-state index in [9.17, 15) is 4.79 Å². The molecule has 3 heterocycles. The SMILES string of the molecule is O=C(O)C1CN(Cc2nnc3n2CCCC3)C1. The Bertz CT molecular complexity index is 437. The highest BCUT2D eigenvalue weighted by molar-refractivity contribution is 5.71. The second kappa shape index (κ2) is 4.10. The molecule has 2 aliphatic rings. The molecule has 1 aromatic rings. The van der Waals surface area contributed by atoms with Gasteiger partial charge in [0.05, 0.1) is 12.5 Å². The Morgan fingerprint density at radius 3 is 2.94 bits per heavy atom. The van der Waals surface area contributed by atoms with Crippen molar-refractivity contribution < 1.29 is 9.90 Å². The number of fused-ring (bicyclic) bond motifs is 1. The van der Waals surface area contributed by atoms with Crippen molar-refractivity contribution in [2.45, 2.75) is 32.4 Å². The molecule has 0 aliphatic carbocycles. The van der Waals surface area contributed by atoms with E-state index in [0.29, 0.717) is 13.1 Å². The van der Waals surface area contributed by atoms with Crippen LogP contribution in [0.15, 0.2) is 0 Å². The van der Waals surface area contributed by atoms with E-state index in [1.807, 2.05) is 0 Å². The summed E-state index contributed by atoms with van der Waals surface area (Å²) in [7, 11) is 0. The van der Waals surface area contributed by atoms with Crippen LogP contribution in [0.5, 0.6) is 0 Å². The van der Waals surface area contributed by atoms with Crippen molar-refractivity contribution in [2.24, 2.45) is 5.92 Å². The van der Waals surface area contributed by atoms with Gasteiger partial charge in [-0.25, -0.2) is 0 Å². The number of rotatable bonds is 3. The molecule has 1 N–H and O–H groups in total. The number of hydrogen-bond donors (Lipinski definition) is 1. The number of nitrogens with zero attached hydrogens (tertiary/aromatic N) is 4. The molecule has 0 aromatic carbocycles. The van der Waals surface area contributed by atoms with Crippen molar-refractivity contribution in [1.82, 2.24) is 19.7 Å². The van der Waals surface area contributed by atoms with E-state index in [1.54, 1.807) is 0 Å². The summed E-state index contributed by atoms with van der Waals surface area (Å²) in [6.07, 6.45) is 3.41. The predicted octanol–water partition coefficient (Wildman–Crippen LogP) is 0.131. The number of carboxylic acid groups (broad SMARTS) is 1. The lowest BCUT2D eigenvalue weighted by Gasteiger charge is -2.36. The third kappa shape index (κ3) is 1.93. The van der Waals surface area contributed by atoms with Crippen LogP contribution in [0.1, 0.15) is 24.5 Å². The Kier molecular flexibility index (Phi) is 2.58. The van der Waals surface area contributed by atoms with Crippen molar-refractivity contribution in [1.29, 1.82) is 0 Å². The normalized spacial score (nSPS) is 20.9. The van der Waals surface area contributed by atoms with Crippen LogP contribution in [0.2, 0.25) is 0 Å². The summed E-state index contributed by atoms with van der Waals surface area (Å²) in [5.41, 5.74) is 0. The molecule has 0 atom stereocenters. The van der Waals surface area contributed by atoms with Gasteiger partial charge in [-0.15, -0.1) is 10.2 Å². The van der Waals surface area contributed by atoms with Gasteiger partial charge in [0.1, 0.15) is 11.6 Å². The van der Waals surface area contributed by atoms with Gasteiger partial charge in [-0.1, -0.05) is 0 Å². The Hall–Kier alpha value is -1.43. The van der Waals surface area contributed by atoms with Gasteiger partial charge < -0.3 is 9.67 Å². The number of carboxylic acids is 1. The quantitative estimate of drug-likeness (QED) is 0.807. The van der Waals surface area contributed by atoms with Gasteiger partial charge >= 0.3 is 5.97 Å². The Morgan fingerprint density at radius 2 is 2.18 bits per heavy atom. The second-order valence-electron chi connectivity index (χ2n) is 4.87. The van der Waals surface area contributed by atoms with Crippen LogP contribution in [0, 0.1) is 5.92 Å². The molecule has 0 spiro atoms. The standard InChI is InChI=1S/C11H16N4O2/c16-11(17)8-5-14(6-8)7-10-13-12-9-3-1-2-4-15(9)10/h8H,1-7H2,(H,16,17). The zero-order chi connectivity index (χ0) is 11.8. The first-order chi connectivity index (χ1) is 8.24. The van der Waals surface area contributed by atoms with Crippen LogP contribution in [0.4, 0.5) is 0 Å². The Morgan fingerprint density at radius 1 is 1.35 bits per heavy atom. The number of carbonyl (C=O) groups is 1. The van der Waals surface area contributed by atoms with Gasteiger partial charge in [0, 0.05) is 26.1 Å². The van der Waals surface area contributed by atoms with E-state index < -0.39 is 5.97 Å². The van der Waals surface area contributed by atoms with E-state index in [4.69, 9.17) is 5.11 Å². The zero-order valence-corrected chi connectivity index (χ0v) is 9.67. The molecular weight excluding hydrogens is 220 g/mol. The molecular formula is C11H16N4O2. The fraction of sp³-hybridized carbons (Fsp3) is 0.727. The molecule has 1 aromatic heterocycles. The second-order valence-corrected chi connectivity index (χ2v) is 4.87. The lowest BCUT2D eigenvalue weighted by Crippen LogP contribution is -2.49. The molecule has 2 aliphatic heterocycles. The largest absolute Gasteiger partial charge is 0.481 e. The van der Waals surface area contributed by atoms with Crippen molar-refractivity contribution in [3.8, 4) is 0 Å². The third-order valence-electron chi connectivity index (χ3n) is 3.61. The predicted molar refractivity (Wildman–Crippen MR) is 59.4 cm³/mol. The van der Waals surface area contributed by atoms with Crippen molar-refractivity contribution in [3.05, 3.63) is 11.6 Å². The molecule has 0 saturated carbocycles. The minimum atomic E-state index is -0.690. The molecule has 0 radical (unpaired) electrons. The average Bonchev–Trinajstić information content (AvgIpc) is 2.65. The smallest absolute Gasteiger partial charge is 0.309 e. The summed E-state index contributed by atoms with van der Waals surface area (Å²) in [4.78, 5) is 12.8. The molecule has 92 valence electrons. The lowest BCUT2D eigenvalue weighted by atomic mass is 10.0. The molecule has 0 unspecified atom stereocenters. The number of hydrogen-bond acceptors (Lipinski definition) is 4. The van der Waals surface area contributed by atoms with Gasteiger partial charge in [0.2, 0.25) is 0 Å². The maximum Gasteiger partial charge on any atom is 0.309 e. The van der Waals surface area contributed by atoms with Crippen LogP contribution in [0.3, 0.4) is 0 Å². The Balaban J connectivity index is 1.63. The summed E-state index contributed by atoms with van der Waals surface area (Å²) in [5, 5.41) is 17.2. The van der Waals surface area contributed by atoms with Crippen LogP contribution in [-0.2, 0) is 24.3 Å². The van der Waals surface area contributed by atoms with Crippen molar-refractivity contribution in [2.75, 3.05) is 13.1 Å². The Labute approximate surface area is 99.2 Å². The molecule has 6 nitrogen and oxygen atoms in total. The third-order valence-corrected chi connectivity index (χ3v) is 3.61. The average molecular weight is 236 g/mol. The van der Waals surface area contributed by atoms with Crippen LogP contribution in [0.25, 0.3) is 0 Å². The number of aliphatic carboxylic acids is 1. The maximum absolute atomic E-state index is 10.7. The summed E-state index contributed by atoms with van der Waals surface area (Å²) in [5.74, 6) is 1.19. The molecule has 3 rings (SSSR count). The summed E-state index contributed by atoms with van der Waals surface area (Å²) >= 11 is 0. The minimum absolute atomic E-state index is 0.196. The maximum atomic E-state index is 10.7. The summed E-state index contributed by atoms with van der Waals surface area (Å²) < 4.78 is 2.19. The fourth-order valence-corrected chi connectivity index (χ4v) is 2.54. The van der Waals surface area contributed by atoms with Gasteiger partial charge in [-0.05, 0) is 12.8 Å². The van der Waals surface area contributed by atoms with Crippen molar-refractivity contribution >= 4 is 5.97 Å². The number of aromatic nitrogens is 3. The number of likely N-dealkylation sites (tertiary alicyclic amines) is 1. The fourth-order valence-electron chi connectivity index (χ4n) is 2.54. The topological polar surface area (TPSA) is 71.2 Å². The molecule has 1 fully saturated rings. The summed E-state index contributed by atoms with van der Waals surface area (Å²) in [6, 6.07) is 0. The first kappa shape index (κ1) is 10.7. The first-order valence-electron chi connectivity index (χ1n) is 6.10. The molecule has 6 heteroatoms. The van der Waals surface area contributed by atoms with Crippen LogP contribution < -0.4 is 0 Å². The van der Waals surface area contributed by atoms with E-state index in [1.165, 1.54) is 12.8 Å². The highest BCUT2D eigenvalue weighted by Gasteiger charge is 2.33. The van der Waals surface area contributed by atoms with E-state index in [2.05, 4.69) is 19.7 Å². The van der Waals surface area contributed by atoms with E-state index in [0.717, 1.165) is 31.2 Å². The van der Waals surface area contributed by atoms with Crippen molar-refractivity contribution in [3.63, 3.8) is 0 Å². The van der Waals surface area contributed by atoms with Gasteiger partial charge in [0.15, 0.2) is 0 Å². The van der Waals surface area contributed by atoms with E-state index in [-0.39, 0.29) is 5.92 Å². The molecule has 0 amide bonds. The minimum Gasteiger partial charge on any atom is -0.481 e. The van der Waals surface area contributed by atoms with Gasteiger partial charge in [0.25, 0.3) is 0 Å². The van der Waals surface area contributed by atoms with Gasteiger partial charge in [-0.2, -0.15) is 0 Å². The highest BCUT2D eigenvalue weighted by atomic mass is 16.4. The van der Waals surface area contributed by atoms with Crippen LogP contribution in [-0.4, -0.2) is 43.8 Å². The monoisotopic (exact) mass is 236 g/mol. The first-order valence-corrected chi connectivity index (χ1v) is 6.10. The highest BCUT2D eigenvalue weighted by Crippen LogP contribution is 2.20. The van der Waals surface area contributed by atoms with Crippen LogP contribution >= 0.6 is 0 Å². The van der Waals surface area contributed by atoms with Gasteiger partial charge in [-0.3, -0.25) is 9.69 Å². The molecule has 1 saturated heterocycles. The molecule has 0 bridgehead atoms.